The molecule has 1 unspecified atom stereocenters. The lowest BCUT2D eigenvalue weighted by Gasteiger charge is -2.35. The number of nitrogens with zero attached hydrogens (tertiary/aromatic N) is 3. The van der Waals surface area contributed by atoms with Crippen LogP contribution in [-0.4, -0.2) is 90.8 Å². The molecule has 3 rings (SSSR count). The van der Waals surface area contributed by atoms with Crippen LogP contribution in [0.15, 0.2) is 24.3 Å². The molecule has 0 radical (unpaired) electrons. The van der Waals surface area contributed by atoms with Gasteiger partial charge < -0.3 is 14.7 Å². The molecule has 0 bridgehead atoms. The van der Waals surface area contributed by atoms with Crippen LogP contribution >= 0.6 is 0 Å². The Balaban J connectivity index is 1.32. The van der Waals surface area contributed by atoms with Gasteiger partial charge in [0, 0.05) is 45.8 Å². The molecule has 2 heterocycles. The molecule has 0 spiro atoms. The van der Waals surface area contributed by atoms with Crippen molar-refractivity contribution in [2.24, 2.45) is 0 Å². The fourth-order valence-electron chi connectivity index (χ4n) is 3.57. The van der Waals surface area contributed by atoms with Crippen LogP contribution in [0.1, 0.15) is 18.4 Å². The van der Waals surface area contributed by atoms with Gasteiger partial charge in [0.1, 0.15) is 18.5 Å². The van der Waals surface area contributed by atoms with Crippen LogP contribution < -0.4 is 4.74 Å². The Morgan fingerprint density at radius 3 is 2.31 bits per heavy atom. The zero-order valence-corrected chi connectivity index (χ0v) is 15.8. The normalized spacial score (nSPS) is 20.3. The fraction of sp³-hybridized carbons (Fsp3) is 0.650. The Hall–Kier alpha value is -1.63. The lowest BCUT2D eigenvalue weighted by Crippen LogP contribution is -2.51. The standard InChI is InChI=1S/C20H31N3O3/c1-17-4-6-19(7-5-17)26-16-18(24)14-21-10-12-22(13-11-21)15-20(25)23-8-2-3-9-23/h4-7,18,24H,2-3,8-16H2,1H3. The molecule has 1 amide bonds. The Morgan fingerprint density at radius 1 is 1.04 bits per heavy atom. The maximum atomic E-state index is 12.2. The first-order chi connectivity index (χ1) is 12.6. The molecule has 0 aromatic heterocycles. The number of hydrogen-bond acceptors (Lipinski definition) is 5. The summed E-state index contributed by atoms with van der Waals surface area (Å²) in [5.74, 6) is 1.06. The number of aliphatic hydroxyl groups excluding tert-OH is 1. The molecular formula is C20H31N3O3. The molecule has 26 heavy (non-hydrogen) atoms. The Labute approximate surface area is 156 Å². The van der Waals surface area contributed by atoms with Crippen molar-refractivity contribution in [2.45, 2.75) is 25.9 Å². The van der Waals surface area contributed by atoms with Crippen molar-refractivity contribution in [1.29, 1.82) is 0 Å². The van der Waals surface area contributed by atoms with E-state index in [1.165, 1.54) is 5.56 Å². The molecule has 6 nitrogen and oxygen atoms in total. The number of likely N-dealkylation sites (tertiary alicyclic amines) is 1. The number of hydrogen-bond donors (Lipinski definition) is 1. The van der Waals surface area contributed by atoms with Crippen molar-refractivity contribution in [3.8, 4) is 5.75 Å². The van der Waals surface area contributed by atoms with E-state index in [-0.39, 0.29) is 5.91 Å². The van der Waals surface area contributed by atoms with Gasteiger partial charge in [-0.1, -0.05) is 17.7 Å². The van der Waals surface area contributed by atoms with Crippen LogP contribution in [0.25, 0.3) is 0 Å². The summed E-state index contributed by atoms with van der Waals surface area (Å²) in [4.78, 5) is 18.7. The molecule has 2 fully saturated rings. The first-order valence-corrected chi connectivity index (χ1v) is 9.70. The monoisotopic (exact) mass is 361 g/mol. The number of piperazine rings is 1. The van der Waals surface area contributed by atoms with Crippen molar-refractivity contribution >= 4 is 5.91 Å². The summed E-state index contributed by atoms with van der Waals surface area (Å²) in [7, 11) is 0. The molecule has 1 N–H and O–H groups in total. The van der Waals surface area contributed by atoms with E-state index in [4.69, 9.17) is 4.74 Å². The lowest BCUT2D eigenvalue weighted by molar-refractivity contribution is -0.131. The highest BCUT2D eigenvalue weighted by Gasteiger charge is 2.24. The van der Waals surface area contributed by atoms with E-state index in [1.807, 2.05) is 36.1 Å². The van der Waals surface area contributed by atoms with Gasteiger partial charge in [-0.3, -0.25) is 14.6 Å². The first-order valence-electron chi connectivity index (χ1n) is 9.70. The van der Waals surface area contributed by atoms with E-state index in [1.54, 1.807) is 0 Å². The number of carbonyl (C=O) groups is 1. The van der Waals surface area contributed by atoms with E-state index in [0.717, 1.165) is 57.9 Å². The SMILES string of the molecule is Cc1ccc(OCC(O)CN2CCN(CC(=O)N3CCCC3)CC2)cc1. The van der Waals surface area contributed by atoms with Crippen LogP contribution in [0.4, 0.5) is 0 Å². The maximum absolute atomic E-state index is 12.2. The minimum Gasteiger partial charge on any atom is -0.491 e. The van der Waals surface area contributed by atoms with Crippen LogP contribution in [0.3, 0.4) is 0 Å². The minimum absolute atomic E-state index is 0.266. The maximum Gasteiger partial charge on any atom is 0.236 e. The first kappa shape index (κ1) is 19.1. The number of carbonyl (C=O) groups excluding carboxylic acids is 1. The lowest BCUT2D eigenvalue weighted by atomic mass is 10.2. The van der Waals surface area contributed by atoms with Gasteiger partial charge in [0.2, 0.25) is 5.91 Å². The quantitative estimate of drug-likeness (QED) is 0.784. The Bertz CT molecular complexity index is 564. The average molecular weight is 361 g/mol. The number of ether oxygens (including phenoxy) is 1. The third-order valence-electron chi connectivity index (χ3n) is 5.21. The topological polar surface area (TPSA) is 56.3 Å². The smallest absolute Gasteiger partial charge is 0.236 e. The van der Waals surface area contributed by atoms with Gasteiger partial charge in [-0.15, -0.1) is 0 Å². The van der Waals surface area contributed by atoms with E-state index in [0.29, 0.717) is 19.7 Å². The third kappa shape index (κ3) is 5.69. The summed E-state index contributed by atoms with van der Waals surface area (Å²) in [6.07, 6.45) is 1.78. The van der Waals surface area contributed by atoms with Crippen molar-refractivity contribution in [3.63, 3.8) is 0 Å². The summed E-state index contributed by atoms with van der Waals surface area (Å²) in [6, 6.07) is 7.87. The molecule has 0 aliphatic carbocycles. The third-order valence-corrected chi connectivity index (χ3v) is 5.21. The van der Waals surface area contributed by atoms with Gasteiger partial charge >= 0.3 is 0 Å². The Morgan fingerprint density at radius 2 is 1.65 bits per heavy atom. The van der Waals surface area contributed by atoms with E-state index < -0.39 is 6.10 Å². The molecule has 1 aromatic carbocycles. The molecule has 1 atom stereocenters. The average Bonchev–Trinajstić information content (AvgIpc) is 3.18. The number of amides is 1. The largest absolute Gasteiger partial charge is 0.491 e. The summed E-state index contributed by atoms with van der Waals surface area (Å²) in [5.41, 5.74) is 1.19. The molecule has 1 aromatic rings. The van der Waals surface area contributed by atoms with E-state index in [2.05, 4.69) is 9.80 Å². The van der Waals surface area contributed by atoms with Gasteiger partial charge in [0.05, 0.1) is 6.54 Å². The second-order valence-corrected chi connectivity index (χ2v) is 7.44. The van der Waals surface area contributed by atoms with Gasteiger partial charge in [0.15, 0.2) is 0 Å². The van der Waals surface area contributed by atoms with Crippen LogP contribution in [-0.2, 0) is 4.79 Å². The van der Waals surface area contributed by atoms with Gasteiger partial charge in [-0.2, -0.15) is 0 Å². The molecule has 144 valence electrons. The number of benzene rings is 1. The number of β-amino-alcohol motifs (C(OH)–C–C–N with tert-alkyl or cyclic N) is 1. The summed E-state index contributed by atoms with van der Waals surface area (Å²) in [6.45, 7) is 8.86. The fourth-order valence-corrected chi connectivity index (χ4v) is 3.57. The van der Waals surface area contributed by atoms with E-state index >= 15 is 0 Å². The van der Waals surface area contributed by atoms with Crippen LogP contribution in [0, 0.1) is 6.92 Å². The zero-order valence-electron chi connectivity index (χ0n) is 15.8. The number of rotatable bonds is 7. The van der Waals surface area contributed by atoms with Crippen LogP contribution in [0.2, 0.25) is 0 Å². The highest BCUT2D eigenvalue weighted by atomic mass is 16.5. The minimum atomic E-state index is -0.505. The molecule has 2 saturated heterocycles. The summed E-state index contributed by atoms with van der Waals surface area (Å²) < 4.78 is 5.66. The number of aryl methyl sites for hydroxylation is 1. The van der Waals surface area contributed by atoms with Gasteiger partial charge in [0.25, 0.3) is 0 Å². The van der Waals surface area contributed by atoms with Crippen molar-refractivity contribution < 1.29 is 14.6 Å². The van der Waals surface area contributed by atoms with Crippen molar-refractivity contribution in [2.75, 3.05) is 59.0 Å². The molecule has 2 aliphatic rings. The highest BCUT2D eigenvalue weighted by Crippen LogP contribution is 2.12. The molecule has 6 heteroatoms. The summed E-state index contributed by atoms with van der Waals surface area (Å²) in [5, 5.41) is 10.2. The molecule has 2 aliphatic heterocycles. The zero-order chi connectivity index (χ0) is 18.4. The predicted octanol–water partition coefficient (Wildman–Crippen LogP) is 0.975. The van der Waals surface area contributed by atoms with Crippen LogP contribution in [0.5, 0.6) is 5.75 Å². The molecule has 0 saturated carbocycles. The second kappa shape index (κ2) is 9.35. The predicted molar refractivity (Wildman–Crippen MR) is 101 cm³/mol. The van der Waals surface area contributed by atoms with E-state index in [9.17, 15) is 9.90 Å². The second-order valence-electron chi connectivity index (χ2n) is 7.44. The Kier molecular flexibility index (Phi) is 6.88. The van der Waals surface area contributed by atoms with Crippen molar-refractivity contribution in [1.82, 2.24) is 14.7 Å². The van der Waals surface area contributed by atoms with Gasteiger partial charge in [-0.25, -0.2) is 0 Å². The highest BCUT2D eigenvalue weighted by molar-refractivity contribution is 5.78. The van der Waals surface area contributed by atoms with Crippen molar-refractivity contribution in [3.05, 3.63) is 29.8 Å². The number of aliphatic hydroxyl groups is 1. The molecular weight excluding hydrogens is 330 g/mol. The van der Waals surface area contributed by atoms with Gasteiger partial charge in [-0.05, 0) is 31.9 Å². The summed E-state index contributed by atoms with van der Waals surface area (Å²) >= 11 is 0.